The van der Waals surface area contributed by atoms with Crippen molar-refractivity contribution in [2.45, 2.75) is 6.42 Å². The van der Waals surface area contributed by atoms with Gasteiger partial charge >= 0.3 is 0 Å². The molecule has 0 saturated carbocycles. The second kappa shape index (κ2) is 3.90. The fraction of sp³-hybridized carbons (Fsp3) is 0.364. The van der Waals surface area contributed by atoms with Crippen LogP contribution in [0.2, 0.25) is 0 Å². The number of aromatic nitrogens is 2. The molecule has 0 bridgehead atoms. The van der Waals surface area contributed by atoms with E-state index in [2.05, 4.69) is 28.4 Å². The Hall–Kier alpha value is -1.55. The minimum atomic E-state index is 0.779. The number of nitrogen functional groups attached to an aromatic ring is 1. The summed E-state index contributed by atoms with van der Waals surface area (Å²) < 4.78 is 2.08. The Kier molecular flexibility index (Phi) is 2.60. The Morgan fingerprint density at radius 3 is 3.00 bits per heavy atom. The quantitative estimate of drug-likeness (QED) is 0.812. The van der Waals surface area contributed by atoms with Crippen molar-refractivity contribution in [3.05, 3.63) is 30.4 Å². The van der Waals surface area contributed by atoms with Gasteiger partial charge in [-0.3, -0.25) is 0 Å². The van der Waals surface area contributed by atoms with Crippen LogP contribution in [0.25, 0.3) is 5.52 Å². The number of imidazole rings is 1. The number of likely N-dealkylation sites (N-methyl/N-ethyl adjacent to an activating group) is 1. The number of nitrogens with two attached hydrogens (primary N) is 1. The normalized spacial score (nSPS) is 11.4. The number of anilines is 1. The van der Waals surface area contributed by atoms with E-state index in [0.717, 1.165) is 30.0 Å². The average Bonchev–Trinajstić information content (AvgIpc) is 2.57. The summed E-state index contributed by atoms with van der Waals surface area (Å²) >= 11 is 0. The van der Waals surface area contributed by atoms with Crippen LogP contribution >= 0.6 is 0 Å². The van der Waals surface area contributed by atoms with Crippen molar-refractivity contribution < 1.29 is 0 Å². The van der Waals surface area contributed by atoms with Crippen molar-refractivity contribution in [3.63, 3.8) is 0 Å². The van der Waals surface area contributed by atoms with Crippen LogP contribution in [0, 0.1) is 0 Å². The van der Waals surface area contributed by atoms with Gasteiger partial charge in [-0.25, -0.2) is 4.98 Å². The molecule has 2 aromatic rings. The van der Waals surface area contributed by atoms with Crippen LogP contribution < -0.4 is 5.73 Å². The van der Waals surface area contributed by atoms with Crippen molar-refractivity contribution in [1.29, 1.82) is 0 Å². The van der Waals surface area contributed by atoms with Crippen LogP contribution in [0.15, 0.2) is 24.5 Å². The third kappa shape index (κ3) is 2.10. The Labute approximate surface area is 89.3 Å². The van der Waals surface area contributed by atoms with E-state index in [4.69, 9.17) is 5.73 Å². The molecule has 0 aromatic carbocycles. The molecule has 4 heteroatoms. The number of pyridine rings is 1. The minimum absolute atomic E-state index is 0.779. The van der Waals surface area contributed by atoms with Crippen LogP contribution in [0.3, 0.4) is 0 Å². The number of nitrogens with zero attached hydrogens (tertiary/aromatic N) is 3. The lowest BCUT2D eigenvalue weighted by Gasteiger charge is -2.08. The molecule has 0 saturated heterocycles. The number of fused-ring (bicyclic) bond motifs is 1. The highest BCUT2D eigenvalue weighted by Gasteiger charge is 2.03. The lowest BCUT2D eigenvalue weighted by Crippen LogP contribution is -2.16. The SMILES string of the molecule is CN(C)CCc1ncc2cc(N)ccn12. The first kappa shape index (κ1) is 9.98. The highest BCUT2D eigenvalue weighted by atomic mass is 15.1. The van der Waals surface area contributed by atoms with E-state index in [1.807, 2.05) is 24.5 Å². The summed E-state index contributed by atoms with van der Waals surface area (Å²) in [6.45, 7) is 1.00. The molecule has 15 heavy (non-hydrogen) atoms. The largest absolute Gasteiger partial charge is 0.399 e. The lowest BCUT2D eigenvalue weighted by atomic mass is 10.3. The molecule has 0 unspecified atom stereocenters. The highest BCUT2D eigenvalue weighted by molar-refractivity contribution is 5.55. The van der Waals surface area contributed by atoms with Gasteiger partial charge < -0.3 is 15.0 Å². The Bertz CT molecular complexity index is 459. The van der Waals surface area contributed by atoms with E-state index in [0.29, 0.717) is 0 Å². The molecule has 0 spiro atoms. The van der Waals surface area contributed by atoms with Crippen molar-refractivity contribution in [1.82, 2.24) is 14.3 Å². The van der Waals surface area contributed by atoms with Crippen LogP contribution in [0.5, 0.6) is 0 Å². The van der Waals surface area contributed by atoms with Crippen molar-refractivity contribution in [2.75, 3.05) is 26.4 Å². The molecule has 2 heterocycles. The molecule has 2 rings (SSSR count). The Morgan fingerprint density at radius 2 is 2.27 bits per heavy atom. The van der Waals surface area contributed by atoms with Crippen LogP contribution in [0.1, 0.15) is 5.82 Å². The predicted octanol–water partition coefficient (Wildman–Crippen LogP) is 1.02. The first-order chi connectivity index (χ1) is 7.16. The smallest absolute Gasteiger partial charge is 0.114 e. The summed E-state index contributed by atoms with van der Waals surface area (Å²) in [6.07, 6.45) is 4.79. The summed E-state index contributed by atoms with van der Waals surface area (Å²) in [5.41, 5.74) is 7.54. The monoisotopic (exact) mass is 204 g/mol. The van der Waals surface area contributed by atoms with Gasteiger partial charge in [-0.2, -0.15) is 0 Å². The topological polar surface area (TPSA) is 46.6 Å². The zero-order valence-electron chi connectivity index (χ0n) is 9.14. The fourth-order valence-corrected chi connectivity index (χ4v) is 1.58. The molecule has 4 nitrogen and oxygen atoms in total. The molecule has 80 valence electrons. The number of hydrogen-bond donors (Lipinski definition) is 1. The Balaban J connectivity index is 2.29. The minimum Gasteiger partial charge on any atom is -0.399 e. The van der Waals surface area contributed by atoms with Crippen LogP contribution in [0.4, 0.5) is 5.69 Å². The van der Waals surface area contributed by atoms with Gasteiger partial charge in [-0.05, 0) is 26.2 Å². The third-order valence-corrected chi connectivity index (χ3v) is 2.42. The zero-order chi connectivity index (χ0) is 10.8. The van der Waals surface area contributed by atoms with E-state index in [-0.39, 0.29) is 0 Å². The molecule has 0 fully saturated rings. The van der Waals surface area contributed by atoms with E-state index in [9.17, 15) is 0 Å². The predicted molar refractivity (Wildman–Crippen MR) is 61.9 cm³/mol. The first-order valence-electron chi connectivity index (χ1n) is 5.03. The average molecular weight is 204 g/mol. The van der Waals surface area contributed by atoms with Gasteiger partial charge in [0.05, 0.1) is 11.7 Å². The van der Waals surface area contributed by atoms with E-state index in [1.54, 1.807) is 0 Å². The van der Waals surface area contributed by atoms with Crippen molar-refractivity contribution in [3.8, 4) is 0 Å². The summed E-state index contributed by atoms with van der Waals surface area (Å²) in [4.78, 5) is 6.54. The number of hydrogen-bond acceptors (Lipinski definition) is 3. The highest BCUT2D eigenvalue weighted by Crippen LogP contribution is 2.11. The van der Waals surface area contributed by atoms with Gasteiger partial charge in [0.1, 0.15) is 5.82 Å². The van der Waals surface area contributed by atoms with Crippen molar-refractivity contribution in [2.24, 2.45) is 0 Å². The maximum absolute atomic E-state index is 5.71. The van der Waals surface area contributed by atoms with E-state index < -0.39 is 0 Å². The molecule has 0 amide bonds. The van der Waals surface area contributed by atoms with E-state index >= 15 is 0 Å². The third-order valence-electron chi connectivity index (χ3n) is 2.42. The zero-order valence-corrected chi connectivity index (χ0v) is 9.14. The first-order valence-corrected chi connectivity index (χ1v) is 5.03. The molecular weight excluding hydrogens is 188 g/mol. The van der Waals surface area contributed by atoms with Gasteiger partial charge in [-0.15, -0.1) is 0 Å². The van der Waals surface area contributed by atoms with Crippen LogP contribution in [-0.2, 0) is 6.42 Å². The van der Waals surface area contributed by atoms with Crippen molar-refractivity contribution >= 4 is 11.2 Å². The second-order valence-electron chi connectivity index (χ2n) is 3.98. The molecule has 0 radical (unpaired) electrons. The fourth-order valence-electron chi connectivity index (χ4n) is 1.58. The molecule has 0 aliphatic heterocycles. The second-order valence-corrected chi connectivity index (χ2v) is 3.98. The van der Waals surface area contributed by atoms with E-state index in [1.165, 1.54) is 0 Å². The summed E-state index contributed by atoms with van der Waals surface area (Å²) in [7, 11) is 4.13. The molecule has 0 atom stereocenters. The molecular formula is C11H16N4. The van der Waals surface area contributed by atoms with Gasteiger partial charge in [0.25, 0.3) is 0 Å². The van der Waals surface area contributed by atoms with Gasteiger partial charge in [0, 0.05) is 24.8 Å². The standard InChI is InChI=1S/C11H16N4/c1-14(2)5-4-11-13-8-10-7-9(12)3-6-15(10)11/h3,6-8H,4-5,12H2,1-2H3. The molecule has 2 N–H and O–H groups in total. The summed E-state index contributed by atoms with van der Waals surface area (Å²) in [6, 6.07) is 3.83. The van der Waals surface area contributed by atoms with Gasteiger partial charge in [-0.1, -0.05) is 0 Å². The maximum atomic E-state index is 5.71. The maximum Gasteiger partial charge on any atom is 0.114 e. The van der Waals surface area contributed by atoms with Crippen LogP contribution in [-0.4, -0.2) is 34.9 Å². The number of rotatable bonds is 3. The van der Waals surface area contributed by atoms with Gasteiger partial charge in [0.15, 0.2) is 0 Å². The summed E-state index contributed by atoms with van der Waals surface area (Å²) in [5, 5.41) is 0. The van der Waals surface area contributed by atoms with Gasteiger partial charge in [0.2, 0.25) is 0 Å². The summed E-state index contributed by atoms with van der Waals surface area (Å²) in [5.74, 6) is 1.08. The molecule has 0 aliphatic carbocycles. The Morgan fingerprint density at radius 1 is 1.47 bits per heavy atom. The lowest BCUT2D eigenvalue weighted by molar-refractivity contribution is 0.409. The molecule has 2 aromatic heterocycles. The molecule has 0 aliphatic rings.